The second-order valence-electron chi connectivity index (χ2n) is 3.76. The summed E-state index contributed by atoms with van der Waals surface area (Å²) < 4.78 is 23.9. The van der Waals surface area contributed by atoms with E-state index in [0.717, 1.165) is 0 Å². The molecule has 0 saturated carbocycles. The monoisotopic (exact) mass is 300 g/mol. The highest BCUT2D eigenvalue weighted by atomic mass is 35.5. The minimum absolute atomic E-state index is 0.0708. The molecular weight excluding hydrogens is 291 g/mol. The topological polar surface area (TPSA) is 34.1 Å². The van der Waals surface area contributed by atoms with E-state index in [-0.39, 0.29) is 16.5 Å². The molecule has 0 radical (unpaired) electrons. The van der Waals surface area contributed by atoms with Gasteiger partial charge in [-0.1, -0.05) is 11.6 Å². The van der Waals surface area contributed by atoms with Gasteiger partial charge in [-0.2, -0.15) is 0 Å². The predicted octanol–water partition coefficient (Wildman–Crippen LogP) is 3.35. The molecule has 0 fully saturated rings. The first-order valence-electron chi connectivity index (χ1n) is 4.50. The Morgan fingerprint density at radius 2 is 1.75 bits per heavy atom. The third kappa shape index (κ3) is 3.81. The molecule has 0 N–H and O–H groups in total. The second-order valence-corrected chi connectivity index (χ2v) is 7.37. The van der Waals surface area contributed by atoms with E-state index in [9.17, 15) is 8.42 Å². The van der Waals surface area contributed by atoms with E-state index in [2.05, 4.69) is 0 Å². The normalized spacial score (nSPS) is 15.8. The molecule has 16 heavy (non-hydrogen) atoms. The standard InChI is InChI=1S/C10H11Cl3O2S/c1-10(13,6-11)7-16(14,15)9-4-2-8(12)3-5-9/h2-5H,6-7H2,1H3. The summed E-state index contributed by atoms with van der Waals surface area (Å²) in [5, 5.41) is 0.491. The first-order valence-corrected chi connectivity index (χ1v) is 7.44. The van der Waals surface area contributed by atoms with Gasteiger partial charge in [0.25, 0.3) is 0 Å². The Kier molecular flexibility index (Phi) is 4.52. The maximum atomic E-state index is 11.9. The average Bonchev–Trinajstić information content (AvgIpc) is 2.17. The lowest BCUT2D eigenvalue weighted by Crippen LogP contribution is -2.29. The first kappa shape index (κ1) is 14.1. The molecule has 0 aliphatic heterocycles. The van der Waals surface area contributed by atoms with Crippen LogP contribution in [0.4, 0.5) is 0 Å². The van der Waals surface area contributed by atoms with Gasteiger partial charge in [0.1, 0.15) is 0 Å². The third-order valence-electron chi connectivity index (χ3n) is 1.94. The molecule has 0 aliphatic rings. The number of halogens is 3. The van der Waals surface area contributed by atoms with Crippen LogP contribution in [0, 0.1) is 0 Å². The van der Waals surface area contributed by atoms with Crippen molar-refractivity contribution in [2.24, 2.45) is 0 Å². The zero-order valence-corrected chi connectivity index (χ0v) is 11.7. The summed E-state index contributed by atoms with van der Waals surface area (Å²) >= 11 is 17.2. The van der Waals surface area contributed by atoms with Gasteiger partial charge in [-0.25, -0.2) is 8.42 Å². The van der Waals surface area contributed by atoms with Crippen LogP contribution in [-0.2, 0) is 9.84 Å². The molecule has 1 unspecified atom stereocenters. The SMILES string of the molecule is CC(Cl)(CCl)CS(=O)(=O)c1ccc(Cl)cc1. The van der Waals surface area contributed by atoms with E-state index in [0.29, 0.717) is 5.02 Å². The van der Waals surface area contributed by atoms with Gasteiger partial charge >= 0.3 is 0 Å². The fourth-order valence-electron chi connectivity index (χ4n) is 1.16. The van der Waals surface area contributed by atoms with E-state index >= 15 is 0 Å². The number of sulfone groups is 1. The number of alkyl halides is 2. The van der Waals surface area contributed by atoms with Crippen molar-refractivity contribution in [1.29, 1.82) is 0 Å². The van der Waals surface area contributed by atoms with Gasteiger partial charge in [0.2, 0.25) is 0 Å². The molecule has 6 heteroatoms. The molecule has 0 saturated heterocycles. The largest absolute Gasteiger partial charge is 0.224 e. The summed E-state index contributed by atoms with van der Waals surface area (Å²) in [6.45, 7) is 1.59. The number of hydrogen-bond donors (Lipinski definition) is 0. The van der Waals surface area contributed by atoms with Crippen LogP contribution in [0.5, 0.6) is 0 Å². The number of hydrogen-bond acceptors (Lipinski definition) is 2. The summed E-state index contributed by atoms with van der Waals surface area (Å²) in [6.07, 6.45) is 0. The summed E-state index contributed by atoms with van der Waals surface area (Å²) in [4.78, 5) is -0.756. The molecule has 90 valence electrons. The molecule has 1 aromatic rings. The van der Waals surface area contributed by atoms with Crippen LogP contribution in [-0.4, -0.2) is 24.9 Å². The highest BCUT2D eigenvalue weighted by Gasteiger charge is 2.28. The smallest absolute Gasteiger partial charge is 0.180 e. The van der Waals surface area contributed by atoms with Crippen molar-refractivity contribution in [3.05, 3.63) is 29.3 Å². The molecular formula is C10H11Cl3O2S. The third-order valence-corrected chi connectivity index (χ3v) is 5.35. The summed E-state index contributed by atoms with van der Waals surface area (Å²) in [6, 6.07) is 5.97. The van der Waals surface area contributed by atoms with Crippen molar-refractivity contribution >= 4 is 44.6 Å². The molecule has 1 rings (SSSR count). The molecule has 0 bridgehead atoms. The molecule has 1 atom stereocenters. The second kappa shape index (κ2) is 5.13. The van der Waals surface area contributed by atoms with Crippen LogP contribution in [0.1, 0.15) is 6.92 Å². The van der Waals surface area contributed by atoms with Crippen LogP contribution in [0.3, 0.4) is 0 Å². The summed E-state index contributed by atoms with van der Waals surface area (Å²) in [5.74, 6) is -0.131. The summed E-state index contributed by atoms with van der Waals surface area (Å²) in [5.41, 5.74) is 0. The Labute approximate surface area is 110 Å². The highest BCUT2D eigenvalue weighted by Crippen LogP contribution is 2.23. The van der Waals surface area contributed by atoms with E-state index in [1.807, 2.05) is 0 Å². The lowest BCUT2D eigenvalue weighted by Gasteiger charge is -2.18. The van der Waals surface area contributed by atoms with Crippen LogP contribution in [0.15, 0.2) is 29.2 Å². The van der Waals surface area contributed by atoms with E-state index in [1.165, 1.54) is 24.3 Å². The maximum Gasteiger partial charge on any atom is 0.180 e. The van der Waals surface area contributed by atoms with Gasteiger partial charge in [0.05, 0.1) is 15.5 Å². The zero-order valence-electron chi connectivity index (χ0n) is 8.58. The molecule has 1 aromatic carbocycles. The minimum Gasteiger partial charge on any atom is -0.224 e. The lowest BCUT2D eigenvalue weighted by atomic mass is 10.2. The number of benzene rings is 1. The minimum atomic E-state index is -3.42. The van der Waals surface area contributed by atoms with Gasteiger partial charge in [-0.05, 0) is 31.2 Å². The van der Waals surface area contributed by atoms with Crippen molar-refractivity contribution in [1.82, 2.24) is 0 Å². The quantitative estimate of drug-likeness (QED) is 0.799. The highest BCUT2D eigenvalue weighted by molar-refractivity contribution is 7.91. The fraction of sp³-hybridized carbons (Fsp3) is 0.400. The van der Waals surface area contributed by atoms with Crippen molar-refractivity contribution in [3.8, 4) is 0 Å². The molecule has 0 aliphatic carbocycles. The van der Waals surface area contributed by atoms with Crippen molar-refractivity contribution in [2.75, 3.05) is 11.6 Å². The predicted molar refractivity (Wildman–Crippen MR) is 68.5 cm³/mol. The van der Waals surface area contributed by atoms with Gasteiger partial charge in [-0.15, -0.1) is 23.2 Å². The first-order chi connectivity index (χ1) is 7.27. The van der Waals surface area contributed by atoms with Crippen LogP contribution < -0.4 is 0 Å². The molecule has 0 aromatic heterocycles. The van der Waals surface area contributed by atoms with E-state index in [1.54, 1.807) is 6.92 Å². The Balaban J connectivity index is 2.99. The van der Waals surface area contributed by atoms with Crippen molar-refractivity contribution < 1.29 is 8.42 Å². The van der Waals surface area contributed by atoms with E-state index < -0.39 is 14.7 Å². The fourth-order valence-corrected chi connectivity index (χ4v) is 3.54. The maximum absolute atomic E-state index is 11.9. The van der Waals surface area contributed by atoms with Crippen LogP contribution in [0.25, 0.3) is 0 Å². The Hall–Kier alpha value is 0.0400. The molecule has 0 spiro atoms. The average molecular weight is 302 g/mol. The Bertz CT molecular complexity index is 451. The van der Waals surface area contributed by atoms with Gasteiger partial charge in [0, 0.05) is 10.9 Å². The van der Waals surface area contributed by atoms with Crippen LogP contribution >= 0.6 is 34.8 Å². The summed E-state index contributed by atoms with van der Waals surface area (Å²) in [7, 11) is -3.42. The lowest BCUT2D eigenvalue weighted by molar-refractivity contribution is 0.587. The Morgan fingerprint density at radius 1 is 1.25 bits per heavy atom. The van der Waals surface area contributed by atoms with Crippen molar-refractivity contribution in [3.63, 3.8) is 0 Å². The number of rotatable bonds is 4. The van der Waals surface area contributed by atoms with Crippen molar-refractivity contribution in [2.45, 2.75) is 16.7 Å². The van der Waals surface area contributed by atoms with Crippen LogP contribution in [0.2, 0.25) is 5.02 Å². The Morgan fingerprint density at radius 3 is 2.19 bits per heavy atom. The van der Waals surface area contributed by atoms with Gasteiger partial charge in [0.15, 0.2) is 9.84 Å². The molecule has 0 heterocycles. The van der Waals surface area contributed by atoms with Gasteiger partial charge in [-0.3, -0.25) is 0 Å². The molecule has 2 nitrogen and oxygen atoms in total. The molecule has 0 amide bonds. The zero-order chi connectivity index (χ0) is 12.4. The van der Waals surface area contributed by atoms with Gasteiger partial charge < -0.3 is 0 Å². The van der Waals surface area contributed by atoms with E-state index in [4.69, 9.17) is 34.8 Å².